The van der Waals surface area contributed by atoms with E-state index in [-0.39, 0.29) is 137 Å². The molecule has 0 radical (unpaired) electrons. The highest BCUT2D eigenvalue weighted by Crippen LogP contribution is 2.52. The average Bonchev–Trinajstić information content (AvgIpc) is 1.05. The molecule has 2 unspecified atom stereocenters. The van der Waals surface area contributed by atoms with E-state index >= 15 is 0 Å². The number of anilines is 1. The minimum Gasteiger partial charge on any atom is -0.507 e. The van der Waals surface area contributed by atoms with Crippen molar-refractivity contribution in [2.75, 3.05) is 77.5 Å². The van der Waals surface area contributed by atoms with Gasteiger partial charge < -0.3 is 86.7 Å². The minimum absolute atomic E-state index is 0.0112. The van der Waals surface area contributed by atoms with Crippen LogP contribution in [0.25, 0.3) is 0 Å². The van der Waals surface area contributed by atoms with Gasteiger partial charge >= 0.3 is 6.09 Å². The maximum atomic E-state index is 14.3. The van der Waals surface area contributed by atoms with Crippen molar-refractivity contribution >= 4 is 87.9 Å². The number of amides is 7. The van der Waals surface area contributed by atoms with Gasteiger partial charge in [-0.3, -0.25) is 57.6 Å². The third-order valence-electron chi connectivity index (χ3n) is 18.9. The number of nitrogens with zero attached hydrogens (tertiary/aromatic N) is 1. The number of alkyl carbamates (subject to hydrolysis) is 1. The maximum Gasteiger partial charge on any atom is 0.407 e. The van der Waals surface area contributed by atoms with E-state index in [1.807, 2.05) is 18.2 Å². The van der Waals surface area contributed by atoms with E-state index in [9.17, 15) is 83.1 Å². The molecule has 568 valence electrons. The van der Waals surface area contributed by atoms with E-state index in [2.05, 4.69) is 21.3 Å². The molecule has 13 N–H and O–H groups in total. The number of aliphatic hydroxyl groups is 3. The van der Waals surface area contributed by atoms with Gasteiger partial charge in [0.25, 0.3) is 0 Å². The van der Waals surface area contributed by atoms with Gasteiger partial charge in [-0.1, -0.05) is 73.5 Å². The second-order valence-electron chi connectivity index (χ2n) is 26.6. The topological polar surface area (TPSA) is 465 Å². The van der Waals surface area contributed by atoms with Crippen LogP contribution in [-0.2, 0) is 91.0 Å². The predicted octanol–water partition coefficient (Wildman–Crippen LogP) is 2.92. The summed E-state index contributed by atoms with van der Waals surface area (Å²) in [5, 5.41) is 66.7. The van der Waals surface area contributed by atoms with Crippen LogP contribution < -0.4 is 32.7 Å². The number of aliphatic hydroxyl groups excluding tert-OH is 2. The summed E-state index contributed by atoms with van der Waals surface area (Å²) in [4.78, 5) is 160. The molecule has 30 nitrogen and oxygen atoms in total. The molecule has 0 bridgehead atoms. The number of ketones is 5. The molecule has 8 rings (SSSR count). The molecule has 7 amide bonds. The molecular weight excluding hydrogens is 1390 g/mol. The van der Waals surface area contributed by atoms with Crippen LogP contribution in [0.2, 0.25) is 0 Å². The van der Waals surface area contributed by atoms with E-state index in [1.165, 1.54) is 20.1 Å². The largest absolute Gasteiger partial charge is 0.507 e. The molecule has 2 aliphatic carbocycles. The fourth-order valence-corrected chi connectivity index (χ4v) is 14.5. The Morgan fingerprint density at radius 2 is 1.54 bits per heavy atom. The van der Waals surface area contributed by atoms with Crippen LogP contribution in [0.3, 0.4) is 0 Å². The molecule has 0 aromatic heterocycles. The lowest BCUT2D eigenvalue weighted by atomic mass is 9.71. The van der Waals surface area contributed by atoms with Crippen LogP contribution in [0, 0.1) is 18.8 Å². The number of hydrogen-bond acceptors (Lipinski definition) is 25. The van der Waals surface area contributed by atoms with Gasteiger partial charge in [0.1, 0.15) is 49.6 Å². The number of carbonyl (C=O) groups is 12. The number of carbonyl (C=O) groups excluding carboxylic acids is 12. The molecule has 4 aromatic rings. The highest BCUT2D eigenvalue weighted by molar-refractivity contribution is 8.00. The van der Waals surface area contributed by atoms with Crippen molar-refractivity contribution in [3.63, 3.8) is 0 Å². The SMILES string of the molecule is COCC(=O)NCCOCCOCC(=O)C[C@H](CSC1CC(=O)N(CCCCCC(=O)N[C@@H](Cc2ccccc2)C(=O)C[C@@H](CCCCN)C(=O)Nc2ccc(COC(=O)NC3C[C@H](O[C@H]4C[C@](O)(C(=O)CO)Cc5c(O)c6c(c(O)c54)C(=O)c4c(C)cccc4C6=O)O[C@@H](C)[C@H]3O)cc2)C1=O)C(N)=O. The van der Waals surface area contributed by atoms with Crippen molar-refractivity contribution in [3.8, 4) is 11.5 Å². The van der Waals surface area contributed by atoms with Gasteiger partial charge in [0.15, 0.2) is 35.2 Å². The second kappa shape index (κ2) is 38.9. The first-order chi connectivity index (χ1) is 50.2. The number of aromatic hydroxyl groups is 2. The molecule has 10 atom stereocenters. The molecule has 2 fully saturated rings. The van der Waals surface area contributed by atoms with Crippen molar-refractivity contribution in [3.05, 3.63) is 123 Å². The van der Waals surface area contributed by atoms with E-state index < -0.39 is 154 Å². The molecule has 0 spiro atoms. The Hall–Kier alpha value is -8.89. The number of methoxy groups -OCH3 is 1. The van der Waals surface area contributed by atoms with E-state index in [1.54, 1.807) is 55.5 Å². The lowest BCUT2D eigenvalue weighted by Crippen LogP contribution is -2.56. The van der Waals surface area contributed by atoms with Crippen molar-refractivity contribution in [1.82, 2.24) is 20.9 Å². The van der Waals surface area contributed by atoms with E-state index in [0.717, 1.165) is 22.2 Å². The lowest BCUT2D eigenvalue weighted by molar-refractivity contribution is -0.249. The zero-order chi connectivity index (χ0) is 76.1. The number of phenols is 2. The minimum atomic E-state index is -2.41. The molecule has 105 heavy (non-hydrogen) atoms. The number of Topliss-reactive ketones (excluding diaryl/α,β-unsaturated/α-hetero) is 3. The lowest BCUT2D eigenvalue weighted by Gasteiger charge is -2.42. The molecular formula is C74H93N7O23S. The normalized spacial score (nSPS) is 20.6. The van der Waals surface area contributed by atoms with Gasteiger partial charge in [0.05, 0.1) is 66.4 Å². The zero-order valence-corrected chi connectivity index (χ0v) is 59.7. The number of benzene rings is 4. The Kier molecular flexibility index (Phi) is 30.3. The molecule has 2 aliphatic heterocycles. The summed E-state index contributed by atoms with van der Waals surface area (Å²) in [6, 6.07) is 17.8. The summed E-state index contributed by atoms with van der Waals surface area (Å²) in [6.45, 7) is 2.49. The number of unbranched alkanes of at least 4 members (excludes halogenated alkanes) is 3. The quantitative estimate of drug-likeness (QED) is 0.0152. The molecule has 4 aliphatic rings. The summed E-state index contributed by atoms with van der Waals surface area (Å²) >= 11 is 1.08. The predicted molar refractivity (Wildman–Crippen MR) is 377 cm³/mol. The van der Waals surface area contributed by atoms with Crippen LogP contribution >= 0.6 is 11.8 Å². The molecule has 0 saturated carbocycles. The van der Waals surface area contributed by atoms with Gasteiger partial charge in [-0.25, -0.2) is 4.79 Å². The number of aryl methyl sites for hydroxylation is 1. The first-order valence-electron chi connectivity index (χ1n) is 35.0. The van der Waals surface area contributed by atoms with Gasteiger partial charge in [-0.15, -0.1) is 11.8 Å². The van der Waals surface area contributed by atoms with Crippen molar-refractivity contribution < 1.29 is 111 Å². The number of fused-ring (bicyclic) bond motifs is 3. The van der Waals surface area contributed by atoms with Crippen molar-refractivity contribution in [2.45, 2.75) is 158 Å². The standard InChI is InChI=1S/C74H93N7O23S/c1-41-13-12-17-49-61(41)68(92)64-63(66(49)90)67(91)50-34-74(98,56(85)36-82)35-54(62(50)69(64)93)104-60-32-52(65(89)42(2)103-60)80-73(97)102-37-44-19-21-47(22-20-44)78-71(95)45(16-9-10-23-75)31-53(84)51(29-43-14-6-4-7-15-43)79-57(86)18-8-5-11-25-81-59(88)33-55(72(81)96)105-40-46(70(76)94)30-48(83)38-101-28-27-100-26-24-77-58(87)39-99-3/h4,6-7,12-15,17,19-22,42,45-46,51-52,54-55,60,65,82,89,91,93,98H,5,8-11,16,18,23-40,75H2,1-3H3,(H2,76,94)(H,77,87)(H,78,95)(H,79,86)(H,80,97)/t42-,45+,46+,51-,52?,54-,55?,60-,65+,74-/m0/s1. The van der Waals surface area contributed by atoms with E-state index in [4.69, 9.17) is 39.9 Å². The third kappa shape index (κ3) is 21.9. The van der Waals surface area contributed by atoms with Crippen LogP contribution in [-0.4, -0.2) is 214 Å². The Morgan fingerprint density at radius 3 is 2.26 bits per heavy atom. The van der Waals surface area contributed by atoms with Gasteiger partial charge in [0.2, 0.25) is 35.4 Å². The molecule has 4 aromatic carbocycles. The number of thioether (sulfide) groups is 1. The fraction of sp³-hybridized carbons (Fsp3) is 0.514. The van der Waals surface area contributed by atoms with Gasteiger partial charge in [0, 0.05) is 105 Å². The summed E-state index contributed by atoms with van der Waals surface area (Å²) in [5.41, 5.74) is 9.48. The number of nitrogens with two attached hydrogens (primary N) is 2. The Labute approximate surface area is 610 Å². The maximum absolute atomic E-state index is 14.3. The summed E-state index contributed by atoms with van der Waals surface area (Å²) in [6.07, 6.45) is -5.65. The average molecular weight is 1480 g/mol. The number of hydrogen-bond donors (Lipinski definition) is 11. The monoisotopic (exact) mass is 1480 g/mol. The highest BCUT2D eigenvalue weighted by atomic mass is 32.2. The number of ether oxygens (including phenoxy) is 6. The summed E-state index contributed by atoms with van der Waals surface area (Å²) in [7, 11) is 1.40. The Morgan fingerprint density at radius 1 is 0.810 bits per heavy atom. The Bertz CT molecular complexity index is 3820. The first-order valence-corrected chi connectivity index (χ1v) is 36.0. The number of primary amides is 1. The number of phenolic OH excluding ortho intramolecular Hbond substituents is 2. The smallest absolute Gasteiger partial charge is 0.407 e. The van der Waals surface area contributed by atoms with Crippen LogP contribution in [0.5, 0.6) is 11.5 Å². The molecule has 31 heteroatoms. The number of rotatable bonds is 41. The van der Waals surface area contributed by atoms with E-state index in [0.29, 0.717) is 61.9 Å². The molecule has 2 heterocycles. The number of nitrogens with one attached hydrogen (secondary N) is 4. The highest BCUT2D eigenvalue weighted by Gasteiger charge is 2.51. The van der Waals surface area contributed by atoms with Crippen LogP contribution in [0.1, 0.15) is 150 Å². The van der Waals surface area contributed by atoms with Crippen molar-refractivity contribution in [2.24, 2.45) is 23.3 Å². The van der Waals surface area contributed by atoms with Gasteiger partial charge in [-0.2, -0.15) is 0 Å². The number of imide groups is 1. The van der Waals surface area contributed by atoms with Crippen LogP contribution in [0.15, 0.2) is 72.8 Å². The Balaban J connectivity index is 0.797. The van der Waals surface area contributed by atoms with Gasteiger partial charge in [-0.05, 0) is 81.3 Å². The van der Waals surface area contributed by atoms with Crippen molar-refractivity contribution in [1.29, 1.82) is 0 Å². The number of likely N-dealkylation sites (tertiary alicyclic amines) is 1. The fourth-order valence-electron chi connectivity index (χ4n) is 13.2. The third-order valence-corrected chi connectivity index (χ3v) is 20.2. The summed E-state index contributed by atoms with van der Waals surface area (Å²) < 4.78 is 33.2. The summed E-state index contributed by atoms with van der Waals surface area (Å²) in [5.74, 6) is -9.35. The molecule has 2 saturated heterocycles. The second-order valence-corrected chi connectivity index (χ2v) is 27.8. The first kappa shape index (κ1) is 81.8. The van der Waals surface area contributed by atoms with Crippen LogP contribution in [0.4, 0.5) is 10.5 Å². The zero-order valence-electron chi connectivity index (χ0n) is 58.9.